The van der Waals surface area contributed by atoms with Crippen LogP contribution in [0.1, 0.15) is 30.9 Å². The molecular formula is C23H25FN2O3. The van der Waals surface area contributed by atoms with Crippen molar-refractivity contribution in [3.8, 4) is 16.9 Å². The number of rotatable bonds is 3. The molecule has 0 saturated carbocycles. The normalized spacial score (nSPS) is 27.6. The second kappa shape index (κ2) is 7.67. The van der Waals surface area contributed by atoms with Crippen molar-refractivity contribution in [1.82, 2.24) is 10.2 Å². The largest absolute Gasteiger partial charge is 0.493 e. The van der Waals surface area contributed by atoms with Crippen LogP contribution in [0.25, 0.3) is 11.1 Å². The maximum absolute atomic E-state index is 14.1. The Balaban J connectivity index is 1.29. The Hall–Kier alpha value is -2.60. The second-order valence-corrected chi connectivity index (χ2v) is 8.15. The number of amides is 1. The summed E-state index contributed by atoms with van der Waals surface area (Å²) in [4.78, 5) is 14.9. The van der Waals surface area contributed by atoms with Crippen LogP contribution in [0.15, 0.2) is 42.5 Å². The molecule has 3 saturated heterocycles. The van der Waals surface area contributed by atoms with Gasteiger partial charge in [0.2, 0.25) is 0 Å². The van der Waals surface area contributed by atoms with E-state index in [9.17, 15) is 9.18 Å². The highest BCUT2D eigenvalue weighted by molar-refractivity contribution is 5.70. The lowest BCUT2D eigenvalue weighted by atomic mass is 9.86. The first-order valence-electron chi connectivity index (χ1n) is 10.4. The highest BCUT2D eigenvalue weighted by Gasteiger charge is 2.37. The minimum atomic E-state index is -0.361. The van der Waals surface area contributed by atoms with Gasteiger partial charge in [-0.2, -0.15) is 0 Å². The van der Waals surface area contributed by atoms with Gasteiger partial charge in [0.15, 0.2) is 0 Å². The average Bonchev–Trinajstić information content (AvgIpc) is 2.75. The average molecular weight is 396 g/mol. The van der Waals surface area contributed by atoms with Gasteiger partial charge < -0.3 is 14.8 Å². The standard InChI is InChI=1S/C23H25FN2O3/c24-19-4-2-1-3-17(19)16-5-6-18-20(9-12-28-21(18)13-16)25-23(27)29-22-14-26-10-7-15(22)8-11-26/h1-6,13,15,20,22H,7-12,14H2,(H,25,27)/t20?,22-/m1/s1. The lowest BCUT2D eigenvalue weighted by Gasteiger charge is -2.44. The van der Waals surface area contributed by atoms with Crippen LogP contribution in [0.4, 0.5) is 9.18 Å². The van der Waals surface area contributed by atoms with Crippen molar-refractivity contribution in [3.63, 3.8) is 0 Å². The molecule has 3 fully saturated rings. The first-order valence-corrected chi connectivity index (χ1v) is 10.4. The van der Waals surface area contributed by atoms with Gasteiger partial charge in [-0.1, -0.05) is 30.3 Å². The highest BCUT2D eigenvalue weighted by Crippen LogP contribution is 2.36. The maximum Gasteiger partial charge on any atom is 0.407 e. The van der Waals surface area contributed by atoms with E-state index in [1.54, 1.807) is 12.1 Å². The molecule has 2 aromatic carbocycles. The molecule has 29 heavy (non-hydrogen) atoms. The minimum Gasteiger partial charge on any atom is -0.493 e. The van der Waals surface area contributed by atoms with E-state index in [0.29, 0.717) is 30.3 Å². The fourth-order valence-corrected chi connectivity index (χ4v) is 4.76. The third-order valence-electron chi connectivity index (χ3n) is 6.38. The Kier molecular flexibility index (Phi) is 4.87. The molecule has 4 aliphatic rings. The number of alkyl carbamates (subject to hydrolysis) is 1. The molecule has 2 atom stereocenters. The quantitative estimate of drug-likeness (QED) is 0.847. The summed E-state index contributed by atoms with van der Waals surface area (Å²) in [6.45, 7) is 3.57. The van der Waals surface area contributed by atoms with Crippen LogP contribution in [0.5, 0.6) is 5.75 Å². The van der Waals surface area contributed by atoms with E-state index >= 15 is 0 Å². The summed E-state index contributed by atoms with van der Waals surface area (Å²) >= 11 is 0. The molecule has 4 heterocycles. The van der Waals surface area contributed by atoms with Crippen LogP contribution in [-0.2, 0) is 4.74 Å². The summed E-state index contributed by atoms with van der Waals surface area (Å²) in [6.07, 6.45) is 2.52. The number of hydrogen-bond donors (Lipinski definition) is 1. The Labute approximate surface area is 169 Å². The smallest absolute Gasteiger partial charge is 0.407 e. The van der Waals surface area contributed by atoms with Gasteiger partial charge in [0.05, 0.1) is 12.6 Å². The molecule has 1 unspecified atom stereocenters. The zero-order valence-electron chi connectivity index (χ0n) is 16.3. The monoisotopic (exact) mass is 396 g/mol. The van der Waals surface area contributed by atoms with Gasteiger partial charge in [-0.05, 0) is 49.5 Å². The molecule has 152 valence electrons. The number of nitrogens with zero attached hydrogens (tertiary/aromatic N) is 1. The summed E-state index contributed by atoms with van der Waals surface area (Å²) < 4.78 is 25.7. The molecule has 1 amide bonds. The first kappa shape index (κ1) is 18.4. The molecule has 2 aromatic rings. The minimum absolute atomic E-state index is 0.0137. The number of carbonyl (C=O) groups is 1. The SMILES string of the molecule is O=C(NC1CCOc2cc(-c3ccccc3F)ccc21)O[C@@H]1CN2CCC1CC2. The number of halogens is 1. The molecule has 0 radical (unpaired) electrons. The van der Waals surface area contributed by atoms with E-state index in [0.717, 1.165) is 43.6 Å². The number of carbonyl (C=O) groups excluding carboxylic acids is 1. The van der Waals surface area contributed by atoms with E-state index < -0.39 is 0 Å². The van der Waals surface area contributed by atoms with E-state index in [1.807, 2.05) is 24.3 Å². The molecular weight excluding hydrogens is 371 g/mol. The van der Waals surface area contributed by atoms with Crippen LogP contribution in [0.3, 0.4) is 0 Å². The Morgan fingerprint density at radius 1 is 1.14 bits per heavy atom. The van der Waals surface area contributed by atoms with E-state index in [4.69, 9.17) is 9.47 Å². The molecule has 6 rings (SSSR count). The number of ether oxygens (including phenoxy) is 2. The van der Waals surface area contributed by atoms with Crippen molar-refractivity contribution >= 4 is 6.09 Å². The topological polar surface area (TPSA) is 50.8 Å². The predicted molar refractivity (Wildman–Crippen MR) is 107 cm³/mol. The van der Waals surface area contributed by atoms with E-state index in [2.05, 4.69) is 10.2 Å². The summed E-state index contributed by atoms with van der Waals surface area (Å²) in [5, 5.41) is 3.02. The van der Waals surface area contributed by atoms with Crippen LogP contribution in [-0.4, -0.2) is 43.3 Å². The zero-order chi connectivity index (χ0) is 19.8. The lowest BCUT2D eigenvalue weighted by molar-refractivity contribution is -0.0342. The maximum atomic E-state index is 14.1. The molecule has 0 spiro atoms. The van der Waals surface area contributed by atoms with Gasteiger partial charge in [-0.15, -0.1) is 0 Å². The number of benzene rings is 2. The lowest BCUT2D eigenvalue weighted by Crippen LogP contribution is -2.52. The van der Waals surface area contributed by atoms with Gasteiger partial charge in [-0.25, -0.2) is 9.18 Å². The van der Waals surface area contributed by atoms with Gasteiger partial charge in [0.25, 0.3) is 0 Å². The summed E-state index contributed by atoms with van der Waals surface area (Å²) in [7, 11) is 0. The molecule has 5 nitrogen and oxygen atoms in total. The third kappa shape index (κ3) is 3.69. The van der Waals surface area contributed by atoms with Gasteiger partial charge >= 0.3 is 6.09 Å². The third-order valence-corrected chi connectivity index (χ3v) is 6.38. The molecule has 4 aliphatic heterocycles. The van der Waals surface area contributed by atoms with Crippen LogP contribution in [0, 0.1) is 11.7 Å². The highest BCUT2D eigenvalue weighted by atomic mass is 19.1. The molecule has 2 bridgehead atoms. The molecule has 1 N–H and O–H groups in total. The molecule has 0 aromatic heterocycles. The van der Waals surface area contributed by atoms with Crippen LogP contribution >= 0.6 is 0 Å². The van der Waals surface area contributed by atoms with Crippen LogP contribution < -0.4 is 10.1 Å². The Bertz CT molecular complexity index is 911. The van der Waals surface area contributed by atoms with E-state index in [1.165, 1.54) is 6.07 Å². The fraction of sp³-hybridized carbons (Fsp3) is 0.435. The van der Waals surface area contributed by atoms with Crippen molar-refractivity contribution in [3.05, 3.63) is 53.8 Å². The van der Waals surface area contributed by atoms with Crippen molar-refractivity contribution < 1.29 is 18.7 Å². The summed E-state index contributed by atoms with van der Waals surface area (Å²) in [5.74, 6) is 0.903. The van der Waals surface area contributed by atoms with Crippen molar-refractivity contribution in [1.29, 1.82) is 0 Å². The number of nitrogens with one attached hydrogen (secondary N) is 1. The second-order valence-electron chi connectivity index (χ2n) is 8.15. The molecule has 6 heteroatoms. The predicted octanol–water partition coefficient (Wildman–Crippen LogP) is 4.14. The zero-order valence-corrected chi connectivity index (χ0v) is 16.3. The summed E-state index contributed by atoms with van der Waals surface area (Å²) in [5.41, 5.74) is 2.20. The first-order chi connectivity index (χ1) is 14.2. The summed E-state index contributed by atoms with van der Waals surface area (Å²) in [6, 6.07) is 12.2. The van der Waals surface area contributed by atoms with Crippen LogP contribution in [0.2, 0.25) is 0 Å². The van der Waals surface area contributed by atoms with Gasteiger partial charge in [0, 0.05) is 24.1 Å². The molecule has 0 aliphatic carbocycles. The number of fused-ring (bicyclic) bond motifs is 4. The van der Waals surface area contributed by atoms with E-state index in [-0.39, 0.29) is 24.1 Å². The van der Waals surface area contributed by atoms with Gasteiger partial charge in [0.1, 0.15) is 17.7 Å². The number of piperidine rings is 3. The fourth-order valence-electron chi connectivity index (χ4n) is 4.76. The Morgan fingerprint density at radius 2 is 1.97 bits per heavy atom. The van der Waals surface area contributed by atoms with Gasteiger partial charge in [-0.3, -0.25) is 4.90 Å². The van der Waals surface area contributed by atoms with Crippen molar-refractivity contribution in [2.45, 2.75) is 31.4 Å². The van der Waals surface area contributed by atoms with Crippen molar-refractivity contribution in [2.24, 2.45) is 5.92 Å². The van der Waals surface area contributed by atoms with Crippen molar-refractivity contribution in [2.75, 3.05) is 26.2 Å². The Morgan fingerprint density at radius 3 is 2.72 bits per heavy atom. The number of hydrogen-bond acceptors (Lipinski definition) is 4.